The summed E-state index contributed by atoms with van der Waals surface area (Å²) in [6.45, 7) is -0.103. The van der Waals surface area contributed by atoms with Gasteiger partial charge in [0.2, 0.25) is 29.5 Å². The highest BCUT2D eigenvalue weighted by Crippen LogP contribution is 2.26. The first-order valence-corrected chi connectivity index (χ1v) is 13.1. The maximum absolute atomic E-state index is 12.3. The minimum atomic E-state index is -1.24. The first-order chi connectivity index (χ1) is 21.3. The van der Waals surface area contributed by atoms with E-state index in [1.165, 1.54) is 40.8 Å². The van der Waals surface area contributed by atoms with Crippen LogP contribution in [0.4, 0.5) is 0 Å². The molecule has 2 heterocycles. The molecule has 1 aromatic carbocycles. The quantitative estimate of drug-likeness (QED) is 0.0742. The van der Waals surface area contributed by atoms with E-state index in [9.17, 15) is 38.7 Å². The maximum atomic E-state index is 12.3. The molecule has 0 aliphatic carbocycles. The number of nitrogens with one attached hydrogen (secondary N) is 4. The van der Waals surface area contributed by atoms with Crippen molar-refractivity contribution in [1.29, 1.82) is 0 Å². The second-order valence-corrected chi connectivity index (χ2v) is 9.54. The van der Waals surface area contributed by atoms with Crippen molar-refractivity contribution in [3.05, 3.63) is 36.2 Å². The Labute approximate surface area is 253 Å². The van der Waals surface area contributed by atoms with Crippen LogP contribution in [0.5, 0.6) is 0 Å². The lowest BCUT2D eigenvalue weighted by atomic mass is 10.0. The molecule has 20 nitrogen and oxygen atoms in total. The smallest absolute Gasteiger partial charge is 0.335 e. The van der Waals surface area contributed by atoms with Crippen LogP contribution in [0.1, 0.15) is 17.3 Å². The average Bonchev–Trinajstić information content (AvgIpc) is 3.67. The van der Waals surface area contributed by atoms with Gasteiger partial charge in [-0.25, -0.2) is 14.2 Å². The summed E-state index contributed by atoms with van der Waals surface area (Å²) >= 11 is 0. The molecule has 0 saturated carbocycles. The number of aromatic nitrogens is 6. The van der Waals surface area contributed by atoms with Crippen LogP contribution in [0.2, 0.25) is 0 Å². The minimum absolute atomic E-state index is 0.0893. The maximum Gasteiger partial charge on any atom is 0.335 e. The Morgan fingerprint density at radius 1 is 0.867 bits per heavy atom. The van der Waals surface area contributed by atoms with Gasteiger partial charge >= 0.3 is 5.97 Å². The molecule has 45 heavy (non-hydrogen) atoms. The first kappa shape index (κ1) is 33.5. The molecule has 238 valence electrons. The van der Waals surface area contributed by atoms with Crippen LogP contribution in [0.3, 0.4) is 0 Å². The van der Waals surface area contributed by atoms with Crippen LogP contribution < -0.4 is 32.7 Å². The van der Waals surface area contributed by atoms with Crippen LogP contribution >= 0.6 is 0 Å². The summed E-state index contributed by atoms with van der Waals surface area (Å²) in [4.78, 5) is 80.9. The molecular formula is C25H30N12O8. The number of amides is 5. The van der Waals surface area contributed by atoms with E-state index in [-0.39, 0.29) is 43.1 Å². The number of carbonyl (C=O) groups is 7. The number of nitrogens with two attached hydrogens (primary N) is 2. The lowest BCUT2D eigenvalue weighted by molar-refractivity contribution is -0.127. The SMILES string of the molecule is CC(=O)NCC(=O)N[C@H](C=O)Cn1cc(-c2cc(C(=O)O)cc(-c3cn(C[C@H](N)C(=O)NCC(=O)NCC(N)=O)nn3)c2)nn1. The monoisotopic (exact) mass is 626 g/mol. The van der Waals surface area contributed by atoms with Crippen molar-refractivity contribution in [2.75, 3.05) is 19.6 Å². The van der Waals surface area contributed by atoms with Crippen LogP contribution in [0, 0.1) is 0 Å². The molecule has 20 heteroatoms. The number of carboxylic acids is 1. The van der Waals surface area contributed by atoms with Crippen molar-refractivity contribution in [2.45, 2.75) is 32.1 Å². The number of aldehydes is 1. The molecule has 0 radical (unpaired) electrons. The Balaban J connectivity index is 1.70. The number of nitrogens with zero attached hydrogens (tertiary/aromatic N) is 6. The van der Waals surface area contributed by atoms with Crippen LogP contribution in [0.15, 0.2) is 30.6 Å². The molecule has 0 aliphatic rings. The van der Waals surface area contributed by atoms with E-state index in [0.29, 0.717) is 17.4 Å². The summed E-state index contributed by atoms with van der Waals surface area (Å²) in [5.74, 6) is -4.29. The van der Waals surface area contributed by atoms with Gasteiger partial charge in [0, 0.05) is 18.1 Å². The third-order valence-electron chi connectivity index (χ3n) is 5.84. The zero-order valence-electron chi connectivity index (χ0n) is 23.8. The lowest BCUT2D eigenvalue weighted by Gasteiger charge is -2.12. The van der Waals surface area contributed by atoms with Crippen LogP contribution in [-0.4, -0.2) is 109 Å². The second-order valence-electron chi connectivity index (χ2n) is 9.54. The number of primary amides is 1. The van der Waals surface area contributed by atoms with Gasteiger partial charge in [-0.3, -0.25) is 24.0 Å². The Morgan fingerprint density at radius 3 is 1.98 bits per heavy atom. The van der Waals surface area contributed by atoms with E-state index >= 15 is 0 Å². The predicted octanol–water partition coefficient (Wildman–Crippen LogP) is -4.23. The van der Waals surface area contributed by atoms with Gasteiger partial charge < -0.3 is 42.6 Å². The average molecular weight is 627 g/mol. The Kier molecular flexibility index (Phi) is 11.5. The fraction of sp³-hybridized carbons (Fsp3) is 0.320. The van der Waals surface area contributed by atoms with Gasteiger partial charge in [-0.15, -0.1) is 10.2 Å². The number of rotatable bonds is 16. The molecule has 0 unspecified atom stereocenters. The van der Waals surface area contributed by atoms with Crippen molar-refractivity contribution in [1.82, 2.24) is 51.3 Å². The Bertz CT molecular complexity index is 1600. The number of benzene rings is 1. The van der Waals surface area contributed by atoms with E-state index in [1.807, 2.05) is 0 Å². The summed E-state index contributed by atoms with van der Waals surface area (Å²) < 4.78 is 2.54. The summed E-state index contributed by atoms with van der Waals surface area (Å²) in [5, 5.41) is 34.9. The summed E-state index contributed by atoms with van der Waals surface area (Å²) in [5.41, 5.74) is 11.9. The molecule has 9 N–H and O–H groups in total. The zero-order chi connectivity index (χ0) is 33.1. The van der Waals surface area contributed by atoms with Crippen molar-refractivity contribution in [3.8, 4) is 22.5 Å². The van der Waals surface area contributed by atoms with Crippen LogP contribution in [-0.2, 0) is 41.9 Å². The molecular weight excluding hydrogens is 596 g/mol. The number of carbonyl (C=O) groups excluding carboxylic acids is 6. The minimum Gasteiger partial charge on any atom is -0.478 e. The van der Waals surface area contributed by atoms with Gasteiger partial charge in [-0.05, 0) is 18.2 Å². The highest BCUT2D eigenvalue weighted by Gasteiger charge is 2.19. The topological polar surface area (TPSA) is 301 Å². The molecule has 0 fully saturated rings. The van der Waals surface area contributed by atoms with Gasteiger partial charge in [-0.1, -0.05) is 10.4 Å². The number of carboxylic acid groups (broad SMARTS) is 1. The van der Waals surface area contributed by atoms with Gasteiger partial charge in [-0.2, -0.15) is 0 Å². The lowest BCUT2D eigenvalue weighted by Crippen LogP contribution is -2.47. The Hall–Kier alpha value is -6.05. The number of hydrogen-bond donors (Lipinski definition) is 7. The van der Waals surface area contributed by atoms with Gasteiger partial charge in [0.05, 0.1) is 50.7 Å². The molecule has 5 amide bonds. The molecule has 0 spiro atoms. The molecule has 2 atom stereocenters. The van der Waals surface area contributed by atoms with Crippen molar-refractivity contribution < 1.29 is 38.7 Å². The fourth-order valence-corrected chi connectivity index (χ4v) is 3.70. The van der Waals surface area contributed by atoms with Crippen molar-refractivity contribution in [3.63, 3.8) is 0 Å². The van der Waals surface area contributed by atoms with Gasteiger partial charge in [0.15, 0.2) is 0 Å². The summed E-state index contributed by atoms with van der Waals surface area (Å²) in [6.07, 6.45) is 3.38. The number of hydrogen-bond acceptors (Lipinski definition) is 12. The molecule has 3 rings (SSSR count). The molecule has 0 bridgehead atoms. The normalized spacial score (nSPS) is 12.0. The molecule has 0 saturated heterocycles. The molecule has 3 aromatic rings. The standard InChI is InChI=1S/C25H30N12O8/c1-13(39)28-7-23(42)31-17(12-38)8-36-10-19(32-34-36)14-2-15(4-16(3-14)25(44)45)20-11-37(35-33-20)9-18(26)24(43)30-6-22(41)29-5-21(27)40/h2-4,10-12,17-18H,5-9,26H2,1H3,(H2,27,40)(H,28,39)(H,29,41)(H,30,43)(H,31,42)(H,44,45)/t17-,18-/m0/s1. The van der Waals surface area contributed by atoms with E-state index in [2.05, 4.69) is 41.9 Å². The highest BCUT2D eigenvalue weighted by atomic mass is 16.4. The third-order valence-corrected chi connectivity index (χ3v) is 5.84. The third kappa shape index (κ3) is 10.3. The van der Waals surface area contributed by atoms with Gasteiger partial charge in [0.25, 0.3) is 0 Å². The Morgan fingerprint density at radius 2 is 1.44 bits per heavy atom. The molecule has 0 aliphatic heterocycles. The fourth-order valence-electron chi connectivity index (χ4n) is 3.70. The number of aromatic carboxylic acids is 1. The largest absolute Gasteiger partial charge is 0.478 e. The van der Waals surface area contributed by atoms with Gasteiger partial charge in [0.1, 0.15) is 29.8 Å². The summed E-state index contributed by atoms with van der Waals surface area (Å²) in [6, 6.07) is 2.18. The van der Waals surface area contributed by atoms with Crippen molar-refractivity contribution >= 4 is 41.8 Å². The van der Waals surface area contributed by atoms with Crippen LogP contribution in [0.25, 0.3) is 22.5 Å². The van der Waals surface area contributed by atoms with Crippen molar-refractivity contribution in [2.24, 2.45) is 11.5 Å². The first-order valence-electron chi connectivity index (χ1n) is 13.1. The van der Waals surface area contributed by atoms with E-state index in [1.54, 1.807) is 6.07 Å². The van der Waals surface area contributed by atoms with E-state index in [4.69, 9.17) is 11.5 Å². The highest BCUT2D eigenvalue weighted by molar-refractivity contribution is 5.92. The second kappa shape index (κ2) is 15.4. The zero-order valence-corrected chi connectivity index (χ0v) is 23.8. The van der Waals surface area contributed by atoms with E-state index < -0.39 is 54.1 Å². The van der Waals surface area contributed by atoms with E-state index in [0.717, 1.165) is 0 Å². The predicted molar refractivity (Wildman–Crippen MR) is 151 cm³/mol. The molecule has 2 aromatic heterocycles. The summed E-state index contributed by atoms with van der Waals surface area (Å²) in [7, 11) is 0.